The average Bonchev–Trinajstić information content (AvgIpc) is 2.34. The average molecular weight is 280 g/mol. The molecule has 0 spiro atoms. The Labute approximate surface area is 120 Å². The third kappa shape index (κ3) is 3.48. The predicted molar refractivity (Wildman–Crippen MR) is 80.7 cm³/mol. The lowest BCUT2D eigenvalue weighted by Crippen LogP contribution is -2.39. The van der Waals surface area contributed by atoms with Gasteiger partial charge in [0.25, 0.3) is 0 Å². The minimum Gasteiger partial charge on any atom is -0.384 e. The molecule has 1 saturated heterocycles. The molecule has 104 valence electrons. The van der Waals surface area contributed by atoms with E-state index in [2.05, 4.69) is 18.7 Å². The van der Waals surface area contributed by atoms with Gasteiger partial charge in [-0.2, -0.15) is 0 Å². The Morgan fingerprint density at radius 3 is 2.79 bits per heavy atom. The maximum Gasteiger partial charge on any atom is 0.122 e. The molecule has 1 heterocycles. The second-order valence-corrected chi connectivity index (χ2v) is 6.08. The summed E-state index contributed by atoms with van der Waals surface area (Å²) in [5, 5.41) is 8.13. The fraction of sp³-hybridized carbons (Fsp3) is 0.533. The van der Waals surface area contributed by atoms with Crippen LogP contribution in [0.4, 0.5) is 0 Å². The van der Waals surface area contributed by atoms with Crippen molar-refractivity contribution in [2.75, 3.05) is 6.54 Å². The highest BCUT2D eigenvalue weighted by Gasteiger charge is 2.23. The first-order valence-electron chi connectivity index (χ1n) is 6.84. The van der Waals surface area contributed by atoms with Crippen LogP contribution in [0.15, 0.2) is 18.2 Å². The smallest absolute Gasteiger partial charge is 0.122 e. The fourth-order valence-electron chi connectivity index (χ4n) is 2.75. The third-order valence-corrected chi connectivity index (χ3v) is 4.37. The molecule has 3 N–H and O–H groups in total. The van der Waals surface area contributed by atoms with Crippen LogP contribution < -0.4 is 5.73 Å². The summed E-state index contributed by atoms with van der Waals surface area (Å²) in [5.41, 5.74) is 7.28. The topological polar surface area (TPSA) is 53.1 Å². The molecule has 0 aliphatic carbocycles. The van der Waals surface area contributed by atoms with Crippen LogP contribution in [0.1, 0.15) is 37.8 Å². The minimum atomic E-state index is 0.0635. The van der Waals surface area contributed by atoms with Crippen LogP contribution in [0.3, 0.4) is 0 Å². The summed E-state index contributed by atoms with van der Waals surface area (Å²) in [6.07, 6.45) is 2.51. The van der Waals surface area contributed by atoms with Crippen molar-refractivity contribution in [1.29, 1.82) is 5.41 Å². The van der Waals surface area contributed by atoms with Gasteiger partial charge in [-0.05, 0) is 43.9 Å². The van der Waals surface area contributed by atoms with E-state index in [1.165, 1.54) is 12.8 Å². The SMILES string of the molecule is CC1CCN(Cc2ccc(C(=N)N)cc2Cl)C(C)C1. The Hall–Kier alpha value is -1.06. The molecule has 0 aromatic heterocycles. The summed E-state index contributed by atoms with van der Waals surface area (Å²) < 4.78 is 0. The second kappa shape index (κ2) is 5.93. The van der Waals surface area contributed by atoms with Gasteiger partial charge in [0.2, 0.25) is 0 Å². The molecule has 2 rings (SSSR count). The first-order valence-corrected chi connectivity index (χ1v) is 7.22. The lowest BCUT2D eigenvalue weighted by atomic mass is 9.93. The number of likely N-dealkylation sites (tertiary alicyclic amines) is 1. The van der Waals surface area contributed by atoms with Crippen molar-refractivity contribution in [3.8, 4) is 0 Å². The van der Waals surface area contributed by atoms with E-state index in [-0.39, 0.29) is 5.84 Å². The zero-order valence-corrected chi connectivity index (χ0v) is 12.4. The minimum absolute atomic E-state index is 0.0635. The van der Waals surface area contributed by atoms with Crippen molar-refractivity contribution in [1.82, 2.24) is 4.90 Å². The number of halogens is 1. The Bertz CT molecular complexity index is 472. The zero-order valence-electron chi connectivity index (χ0n) is 11.6. The van der Waals surface area contributed by atoms with Crippen molar-refractivity contribution in [3.05, 3.63) is 34.3 Å². The van der Waals surface area contributed by atoms with E-state index in [4.69, 9.17) is 22.7 Å². The standard InChI is InChI=1S/C15H22ClN3/c1-10-5-6-19(11(2)7-10)9-13-4-3-12(15(17)18)8-14(13)16/h3-4,8,10-11H,5-7,9H2,1-2H3,(H3,17,18). The van der Waals surface area contributed by atoms with Gasteiger partial charge in [0.15, 0.2) is 0 Å². The van der Waals surface area contributed by atoms with Crippen LogP contribution in [0.2, 0.25) is 5.02 Å². The van der Waals surface area contributed by atoms with E-state index in [1.807, 2.05) is 12.1 Å². The van der Waals surface area contributed by atoms with Gasteiger partial charge >= 0.3 is 0 Å². The molecule has 2 atom stereocenters. The molecule has 1 aromatic rings. The largest absolute Gasteiger partial charge is 0.384 e. The molecular formula is C15H22ClN3. The van der Waals surface area contributed by atoms with Crippen molar-refractivity contribution >= 4 is 17.4 Å². The fourth-order valence-corrected chi connectivity index (χ4v) is 2.99. The Morgan fingerprint density at radius 1 is 1.47 bits per heavy atom. The summed E-state index contributed by atoms with van der Waals surface area (Å²) in [6, 6.07) is 6.26. The predicted octanol–water partition coefficient (Wildman–Crippen LogP) is 3.24. The summed E-state index contributed by atoms with van der Waals surface area (Å²) in [4.78, 5) is 2.48. The van der Waals surface area contributed by atoms with Gasteiger partial charge in [0.1, 0.15) is 5.84 Å². The van der Waals surface area contributed by atoms with Gasteiger partial charge in [0.05, 0.1) is 0 Å². The van der Waals surface area contributed by atoms with Crippen molar-refractivity contribution in [3.63, 3.8) is 0 Å². The number of amidine groups is 1. The van der Waals surface area contributed by atoms with Gasteiger partial charge in [-0.1, -0.05) is 30.7 Å². The molecule has 0 radical (unpaired) electrons. The van der Waals surface area contributed by atoms with Crippen LogP contribution in [-0.4, -0.2) is 23.3 Å². The van der Waals surface area contributed by atoms with Crippen LogP contribution in [-0.2, 0) is 6.54 Å². The number of nitrogens with zero attached hydrogens (tertiary/aromatic N) is 1. The van der Waals surface area contributed by atoms with Crippen LogP contribution >= 0.6 is 11.6 Å². The maximum atomic E-state index is 7.42. The molecule has 0 saturated carbocycles. The van der Waals surface area contributed by atoms with Crippen LogP contribution in [0.5, 0.6) is 0 Å². The number of benzene rings is 1. The number of rotatable bonds is 3. The second-order valence-electron chi connectivity index (χ2n) is 5.67. The lowest BCUT2D eigenvalue weighted by molar-refractivity contribution is 0.122. The van der Waals surface area contributed by atoms with E-state index in [0.29, 0.717) is 16.6 Å². The Kier molecular flexibility index (Phi) is 4.48. The van der Waals surface area contributed by atoms with E-state index in [9.17, 15) is 0 Å². The molecule has 1 fully saturated rings. The molecule has 3 nitrogen and oxygen atoms in total. The first-order chi connectivity index (χ1) is 8.97. The van der Waals surface area contributed by atoms with E-state index < -0.39 is 0 Å². The van der Waals surface area contributed by atoms with Gasteiger partial charge in [-0.15, -0.1) is 0 Å². The highest BCUT2D eigenvalue weighted by Crippen LogP contribution is 2.26. The van der Waals surface area contributed by atoms with Crippen molar-refractivity contribution < 1.29 is 0 Å². The quantitative estimate of drug-likeness (QED) is 0.659. The third-order valence-electron chi connectivity index (χ3n) is 4.01. The number of nitrogens with two attached hydrogens (primary N) is 1. The maximum absolute atomic E-state index is 7.42. The van der Waals surface area contributed by atoms with E-state index >= 15 is 0 Å². The van der Waals surface area contributed by atoms with E-state index in [1.54, 1.807) is 6.07 Å². The Balaban J connectivity index is 2.09. The van der Waals surface area contributed by atoms with Gasteiger partial charge in [-0.25, -0.2) is 0 Å². The van der Waals surface area contributed by atoms with Gasteiger partial charge in [-0.3, -0.25) is 10.3 Å². The monoisotopic (exact) mass is 279 g/mol. The van der Waals surface area contributed by atoms with E-state index in [0.717, 1.165) is 24.6 Å². The molecule has 0 amide bonds. The molecule has 4 heteroatoms. The molecule has 19 heavy (non-hydrogen) atoms. The Morgan fingerprint density at radius 2 is 2.21 bits per heavy atom. The highest BCUT2D eigenvalue weighted by molar-refractivity contribution is 6.31. The number of piperidine rings is 1. The number of nitrogens with one attached hydrogen (secondary N) is 1. The molecule has 1 aliphatic heterocycles. The zero-order chi connectivity index (χ0) is 14.0. The highest BCUT2D eigenvalue weighted by atomic mass is 35.5. The summed E-state index contributed by atoms with van der Waals surface area (Å²) in [7, 11) is 0. The summed E-state index contributed by atoms with van der Waals surface area (Å²) in [6.45, 7) is 6.62. The lowest BCUT2D eigenvalue weighted by Gasteiger charge is -2.36. The molecule has 1 aromatic carbocycles. The summed E-state index contributed by atoms with van der Waals surface area (Å²) in [5.74, 6) is 0.885. The number of nitrogen functional groups attached to an aromatic ring is 1. The van der Waals surface area contributed by atoms with Crippen molar-refractivity contribution in [2.24, 2.45) is 11.7 Å². The first kappa shape index (κ1) is 14.4. The normalized spacial score (nSPS) is 24.4. The molecular weight excluding hydrogens is 258 g/mol. The molecule has 2 unspecified atom stereocenters. The van der Waals surface area contributed by atoms with Crippen LogP contribution in [0.25, 0.3) is 0 Å². The molecule has 0 bridgehead atoms. The van der Waals surface area contributed by atoms with Gasteiger partial charge in [0, 0.05) is 23.2 Å². The van der Waals surface area contributed by atoms with Crippen LogP contribution in [0, 0.1) is 11.3 Å². The molecule has 1 aliphatic rings. The van der Waals surface area contributed by atoms with Gasteiger partial charge < -0.3 is 5.73 Å². The van der Waals surface area contributed by atoms with Crippen molar-refractivity contribution in [2.45, 2.75) is 39.3 Å². The summed E-state index contributed by atoms with van der Waals surface area (Å²) >= 11 is 6.29. The number of hydrogen-bond donors (Lipinski definition) is 2. The number of hydrogen-bond acceptors (Lipinski definition) is 2.